The van der Waals surface area contributed by atoms with Gasteiger partial charge in [0.25, 0.3) is 0 Å². The Morgan fingerprint density at radius 2 is 2.17 bits per heavy atom. The van der Waals surface area contributed by atoms with Crippen LogP contribution in [0.1, 0.15) is 25.5 Å². The number of para-hydroxylation sites is 1. The van der Waals surface area contributed by atoms with Crippen molar-refractivity contribution in [3.8, 4) is 5.75 Å². The summed E-state index contributed by atoms with van der Waals surface area (Å²) in [7, 11) is 0. The van der Waals surface area contributed by atoms with Crippen molar-refractivity contribution in [1.29, 1.82) is 0 Å². The van der Waals surface area contributed by atoms with Crippen molar-refractivity contribution in [2.75, 3.05) is 6.61 Å². The highest BCUT2D eigenvalue weighted by molar-refractivity contribution is 5.85. The molecule has 2 rings (SSSR count). The SMILES string of the molecule is CC1(C)COC(=O)N[C@@H]1c1cccc(F)c1O.Cl. The van der Waals surface area contributed by atoms with Gasteiger partial charge < -0.3 is 15.2 Å². The highest BCUT2D eigenvalue weighted by atomic mass is 35.5. The third kappa shape index (κ3) is 2.51. The highest BCUT2D eigenvalue weighted by Crippen LogP contribution is 2.40. The van der Waals surface area contributed by atoms with E-state index in [1.807, 2.05) is 13.8 Å². The fourth-order valence-corrected chi connectivity index (χ4v) is 1.95. The van der Waals surface area contributed by atoms with Crippen LogP contribution < -0.4 is 5.32 Å². The van der Waals surface area contributed by atoms with E-state index < -0.39 is 29.1 Å². The molecule has 2 N–H and O–H groups in total. The van der Waals surface area contributed by atoms with Crippen LogP contribution in [0.5, 0.6) is 5.75 Å². The predicted octanol–water partition coefficient (Wildman–Crippen LogP) is 2.76. The van der Waals surface area contributed by atoms with Crippen LogP contribution in [-0.4, -0.2) is 17.8 Å². The van der Waals surface area contributed by atoms with E-state index in [0.29, 0.717) is 5.56 Å². The monoisotopic (exact) mass is 275 g/mol. The zero-order chi connectivity index (χ0) is 12.6. The Morgan fingerprint density at radius 3 is 2.83 bits per heavy atom. The third-order valence-electron chi connectivity index (χ3n) is 2.95. The second-order valence-electron chi connectivity index (χ2n) is 4.82. The van der Waals surface area contributed by atoms with Gasteiger partial charge >= 0.3 is 6.09 Å². The first-order chi connectivity index (χ1) is 7.92. The summed E-state index contributed by atoms with van der Waals surface area (Å²) in [6, 6.07) is 3.80. The molecular formula is C12H15ClFNO3. The first kappa shape index (κ1) is 14.6. The van der Waals surface area contributed by atoms with Gasteiger partial charge in [0.2, 0.25) is 0 Å². The Hall–Kier alpha value is -1.49. The molecule has 0 spiro atoms. The van der Waals surface area contributed by atoms with Crippen molar-refractivity contribution in [2.24, 2.45) is 5.41 Å². The number of rotatable bonds is 1. The van der Waals surface area contributed by atoms with Crippen LogP contribution in [0.15, 0.2) is 18.2 Å². The van der Waals surface area contributed by atoms with E-state index in [9.17, 15) is 14.3 Å². The largest absolute Gasteiger partial charge is 0.505 e. The van der Waals surface area contributed by atoms with Gasteiger partial charge in [-0.15, -0.1) is 12.4 Å². The highest BCUT2D eigenvalue weighted by Gasteiger charge is 2.39. The lowest BCUT2D eigenvalue weighted by molar-refractivity contribution is 0.0380. The third-order valence-corrected chi connectivity index (χ3v) is 2.95. The summed E-state index contributed by atoms with van der Waals surface area (Å²) in [6.07, 6.45) is -0.557. The minimum Gasteiger partial charge on any atom is -0.505 e. The smallest absolute Gasteiger partial charge is 0.407 e. The number of cyclic esters (lactones) is 1. The molecule has 1 aliphatic heterocycles. The Morgan fingerprint density at radius 1 is 1.50 bits per heavy atom. The van der Waals surface area contributed by atoms with Crippen LogP contribution >= 0.6 is 12.4 Å². The van der Waals surface area contributed by atoms with E-state index in [0.717, 1.165) is 0 Å². The number of phenolic OH excluding ortho intramolecular Hbond substituents is 1. The van der Waals surface area contributed by atoms with Crippen molar-refractivity contribution < 1.29 is 19.0 Å². The van der Waals surface area contributed by atoms with E-state index >= 15 is 0 Å². The van der Waals surface area contributed by atoms with E-state index in [1.54, 1.807) is 6.07 Å². The molecular weight excluding hydrogens is 261 g/mol. The van der Waals surface area contributed by atoms with Crippen LogP contribution in [-0.2, 0) is 4.74 Å². The van der Waals surface area contributed by atoms with Gasteiger partial charge in [-0.3, -0.25) is 0 Å². The maximum atomic E-state index is 13.3. The number of halogens is 2. The maximum absolute atomic E-state index is 13.3. The molecule has 4 nitrogen and oxygen atoms in total. The molecule has 1 heterocycles. The summed E-state index contributed by atoms with van der Waals surface area (Å²) in [4.78, 5) is 11.2. The van der Waals surface area contributed by atoms with Gasteiger partial charge in [-0.05, 0) is 6.07 Å². The van der Waals surface area contributed by atoms with Gasteiger partial charge in [-0.25, -0.2) is 9.18 Å². The average molecular weight is 276 g/mol. The summed E-state index contributed by atoms with van der Waals surface area (Å²) in [5.74, 6) is -1.12. The number of nitrogens with one attached hydrogen (secondary N) is 1. The molecule has 1 amide bonds. The first-order valence-corrected chi connectivity index (χ1v) is 5.32. The van der Waals surface area contributed by atoms with Crippen molar-refractivity contribution in [3.63, 3.8) is 0 Å². The minimum atomic E-state index is -0.695. The zero-order valence-corrected chi connectivity index (χ0v) is 10.9. The van der Waals surface area contributed by atoms with Gasteiger partial charge in [-0.2, -0.15) is 0 Å². The first-order valence-electron chi connectivity index (χ1n) is 5.32. The molecule has 1 atom stereocenters. The van der Waals surface area contributed by atoms with Crippen LogP contribution in [0.3, 0.4) is 0 Å². The Bertz CT molecular complexity index is 465. The number of aromatic hydroxyl groups is 1. The molecule has 18 heavy (non-hydrogen) atoms. The van der Waals surface area contributed by atoms with Crippen molar-refractivity contribution in [2.45, 2.75) is 19.9 Å². The number of phenols is 1. The molecule has 100 valence electrons. The summed E-state index contributed by atoms with van der Waals surface area (Å²) < 4.78 is 18.2. The van der Waals surface area contributed by atoms with E-state index in [4.69, 9.17) is 4.74 Å². The van der Waals surface area contributed by atoms with Gasteiger partial charge in [0.15, 0.2) is 11.6 Å². The van der Waals surface area contributed by atoms with Crippen molar-refractivity contribution in [3.05, 3.63) is 29.6 Å². The maximum Gasteiger partial charge on any atom is 0.407 e. The number of carbonyl (C=O) groups is 1. The number of alkyl carbamates (subject to hydrolysis) is 1. The summed E-state index contributed by atoms with van der Waals surface area (Å²) in [5.41, 5.74) is -0.0502. The normalized spacial score (nSPS) is 21.5. The number of benzene rings is 1. The molecule has 0 unspecified atom stereocenters. The molecule has 1 aromatic carbocycles. The van der Waals surface area contributed by atoms with Gasteiger partial charge in [0.1, 0.15) is 6.61 Å². The molecule has 0 aliphatic carbocycles. The molecule has 0 saturated carbocycles. The van der Waals surface area contributed by atoms with Crippen LogP contribution in [0.25, 0.3) is 0 Å². The second kappa shape index (κ2) is 5.02. The van der Waals surface area contributed by atoms with E-state index in [1.165, 1.54) is 12.1 Å². The summed E-state index contributed by atoms with van der Waals surface area (Å²) in [6.45, 7) is 3.97. The molecule has 0 radical (unpaired) electrons. The predicted molar refractivity (Wildman–Crippen MR) is 66.3 cm³/mol. The lowest BCUT2D eigenvalue weighted by Crippen LogP contribution is -2.46. The number of ether oxygens (including phenoxy) is 1. The lowest BCUT2D eigenvalue weighted by atomic mass is 9.80. The molecule has 1 fully saturated rings. The molecule has 1 aromatic rings. The molecule has 0 aromatic heterocycles. The Kier molecular flexibility index (Phi) is 4.06. The molecule has 0 bridgehead atoms. The van der Waals surface area contributed by atoms with E-state index in [-0.39, 0.29) is 19.0 Å². The fraction of sp³-hybridized carbons (Fsp3) is 0.417. The van der Waals surface area contributed by atoms with Crippen molar-refractivity contribution in [1.82, 2.24) is 5.32 Å². The number of hydrogen-bond donors (Lipinski definition) is 2. The van der Waals surface area contributed by atoms with Crippen LogP contribution in [0.4, 0.5) is 9.18 Å². The standard InChI is InChI=1S/C12H14FNO3.ClH/c1-12(2)6-17-11(16)14-10(12)7-4-3-5-8(13)9(7)15;/h3-5,10,15H,6H2,1-2H3,(H,14,16);1H/t10-;/m1./s1. The van der Waals surface area contributed by atoms with E-state index in [2.05, 4.69) is 5.32 Å². The number of amides is 1. The zero-order valence-electron chi connectivity index (χ0n) is 10.1. The molecule has 6 heteroatoms. The Labute approximate surface area is 111 Å². The minimum absolute atomic E-state index is 0. The number of hydrogen-bond acceptors (Lipinski definition) is 3. The average Bonchev–Trinajstić information content (AvgIpc) is 2.26. The molecule has 1 aliphatic rings. The lowest BCUT2D eigenvalue weighted by Gasteiger charge is -2.38. The second-order valence-corrected chi connectivity index (χ2v) is 4.82. The number of carbonyl (C=O) groups excluding carboxylic acids is 1. The van der Waals surface area contributed by atoms with Crippen molar-refractivity contribution >= 4 is 18.5 Å². The van der Waals surface area contributed by atoms with Crippen LogP contribution in [0.2, 0.25) is 0 Å². The molecule has 1 saturated heterocycles. The van der Waals surface area contributed by atoms with Crippen LogP contribution in [0, 0.1) is 11.2 Å². The topological polar surface area (TPSA) is 58.6 Å². The summed E-state index contributed by atoms with van der Waals surface area (Å²) >= 11 is 0. The fourth-order valence-electron chi connectivity index (χ4n) is 1.95. The Balaban J connectivity index is 0.00000162. The van der Waals surface area contributed by atoms with Gasteiger partial charge in [0, 0.05) is 11.0 Å². The summed E-state index contributed by atoms with van der Waals surface area (Å²) in [5, 5.41) is 12.3. The van der Waals surface area contributed by atoms with Gasteiger partial charge in [-0.1, -0.05) is 26.0 Å². The van der Waals surface area contributed by atoms with Gasteiger partial charge in [0.05, 0.1) is 6.04 Å². The quantitative estimate of drug-likeness (QED) is 0.828.